The van der Waals surface area contributed by atoms with Crippen LogP contribution in [0.25, 0.3) is 22.5 Å². The van der Waals surface area contributed by atoms with Gasteiger partial charge in [-0.15, -0.1) is 0 Å². The number of aromatic nitrogens is 2. The van der Waals surface area contributed by atoms with Gasteiger partial charge in [-0.3, -0.25) is 5.10 Å². The van der Waals surface area contributed by atoms with Crippen LogP contribution in [0.4, 0.5) is 5.69 Å². The van der Waals surface area contributed by atoms with Gasteiger partial charge >= 0.3 is 0 Å². The minimum atomic E-state index is 0.504. The number of nitrogens with one attached hydrogen (secondary N) is 1. The van der Waals surface area contributed by atoms with Crippen LogP contribution < -0.4 is 10.5 Å². The number of aromatic amines is 1. The number of nitrogens with zero attached hydrogens (tertiary/aromatic N) is 1. The summed E-state index contributed by atoms with van der Waals surface area (Å²) in [6, 6.07) is 17.5. The lowest BCUT2D eigenvalue weighted by Crippen LogP contribution is -2.04. The van der Waals surface area contributed by atoms with Crippen LogP contribution in [0.1, 0.15) is 0 Å². The third kappa shape index (κ3) is 3.52. The summed E-state index contributed by atoms with van der Waals surface area (Å²) in [7, 11) is 1.65. The predicted molar refractivity (Wildman–Crippen MR) is 91.2 cm³/mol. The normalized spacial score (nSPS) is 10.7. The van der Waals surface area contributed by atoms with Crippen LogP contribution in [-0.4, -0.2) is 30.5 Å². The molecule has 0 bridgehead atoms. The molecule has 0 aliphatic heterocycles. The van der Waals surface area contributed by atoms with Crippen molar-refractivity contribution in [2.75, 3.05) is 26.1 Å². The van der Waals surface area contributed by atoms with E-state index in [1.807, 2.05) is 54.6 Å². The first-order chi connectivity index (χ1) is 11.3. The molecule has 118 valence electrons. The largest absolute Gasteiger partial charge is 0.490 e. The van der Waals surface area contributed by atoms with Crippen LogP contribution >= 0.6 is 0 Å². The Balaban J connectivity index is 1.88. The second-order valence-electron chi connectivity index (χ2n) is 5.13. The molecule has 0 aliphatic rings. The molecule has 3 N–H and O–H groups in total. The van der Waals surface area contributed by atoms with Gasteiger partial charge in [-0.2, -0.15) is 5.10 Å². The maximum absolute atomic E-state index is 5.84. The molecular formula is C18H19N3O2. The van der Waals surface area contributed by atoms with Gasteiger partial charge in [0.15, 0.2) is 0 Å². The zero-order valence-electron chi connectivity index (χ0n) is 13.0. The third-order valence-corrected chi connectivity index (χ3v) is 3.48. The van der Waals surface area contributed by atoms with E-state index in [0.717, 1.165) is 34.0 Å². The highest BCUT2D eigenvalue weighted by Crippen LogP contribution is 2.31. The molecule has 0 spiro atoms. The Kier molecular flexibility index (Phi) is 4.59. The second kappa shape index (κ2) is 6.98. The first-order valence-corrected chi connectivity index (χ1v) is 7.40. The minimum Gasteiger partial charge on any atom is -0.490 e. The Morgan fingerprint density at radius 1 is 1.04 bits per heavy atom. The highest BCUT2D eigenvalue weighted by Gasteiger charge is 2.10. The number of methoxy groups -OCH3 is 1. The van der Waals surface area contributed by atoms with Crippen LogP contribution in [0, 0.1) is 0 Å². The molecule has 0 saturated carbocycles. The van der Waals surface area contributed by atoms with Crippen molar-refractivity contribution in [2.24, 2.45) is 0 Å². The number of nitrogen functional groups attached to an aromatic ring is 1. The van der Waals surface area contributed by atoms with E-state index in [1.54, 1.807) is 7.11 Å². The molecule has 0 unspecified atom stereocenters. The summed E-state index contributed by atoms with van der Waals surface area (Å²) >= 11 is 0. The lowest BCUT2D eigenvalue weighted by molar-refractivity contribution is 0.146. The zero-order chi connectivity index (χ0) is 16.1. The molecule has 23 heavy (non-hydrogen) atoms. The number of benzene rings is 2. The monoisotopic (exact) mass is 309 g/mol. The highest BCUT2D eigenvalue weighted by atomic mass is 16.5. The van der Waals surface area contributed by atoms with Crippen molar-refractivity contribution in [3.63, 3.8) is 0 Å². The fourth-order valence-electron chi connectivity index (χ4n) is 2.36. The minimum absolute atomic E-state index is 0.504. The van der Waals surface area contributed by atoms with E-state index in [9.17, 15) is 0 Å². The number of hydrogen-bond donors (Lipinski definition) is 2. The van der Waals surface area contributed by atoms with E-state index in [2.05, 4.69) is 10.2 Å². The van der Waals surface area contributed by atoms with Crippen molar-refractivity contribution < 1.29 is 9.47 Å². The molecule has 0 amide bonds. The van der Waals surface area contributed by atoms with Gasteiger partial charge in [0.25, 0.3) is 0 Å². The van der Waals surface area contributed by atoms with Crippen LogP contribution in [0.2, 0.25) is 0 Å². The lowest BCUT2D eigenvalue weighted by Gasteiger charge is -2.09. The summed E-state index contributed by atoms with van der Waals surface area (Å²) in [5.74, 6) is 0.798. The Hall–Kier alpha value is -2.79. The summed E-state index contributed by atoms with van der Waals surface area (Å²) < 4.78 is 10.8. The molecule has 0 saturated heterocycles. The zero-order valence-corrected chi connectivity index (χ0v) is 13.0. The topological polar surface area (TPSA) is 73.2 Å². The maximum Gasteiger partial charge on any atom is 0.128 e. The van der Waals surface area contributed by atoms with Crippen molar-refractivity contribution in [3.05, 3.63) is 54.6 Å². The summed E-state index contributed by atoms with van der Waals surface area (Å²) in [4.78, 5) is 0. The van der Waals surface area contributed by atoms with E-state index >= 15 is 0 Å². The van der Waals surface area contributed by atoms with Crippen LogP contribution in [0.5, 0.6) is 5.75 Å². The van der Waals surface area contributed by atoms with Gasteiger partial charge < -0.3 is 15.2 Å². The number of H-pyrrole nitrogens is 1. The molecule has 0 radical (unpaired) electrons. The highest BCUT2D eigenvalue weighted by molar-refractivity contribution is 5.73. The van der Waals surface area contributed by atoms with Gasteiger partial charge in [-0.25, -0.2) is 0 Å². The van der Waals surface area contributed by atoms with Crippen LogP contribution in [-0.2, 0) is 4.74 Å². The SMILES string of the molecule is COCCOc1ccccc1-c1cc(-c2cccc(N)c2)n[nH]1. The number of para-hydroxylation sites is 1. The van der Waals surface area contributed by atoms with Crippen LogP contribution in [0.3, 0.4) is 0 Å². The van der Waals surface area contributed by atoms with Gasteiger partial charge in [-0.1, -0.05) is 24.3 Å². The Labute approximate surface area is 135 Å². The van der Waals surface area contributed by atoms with E-state index in [0.29, 0.717) is 13.2 Å². The Morgan fingerprint density at radius 3 is 2.74 bits per heavy atom. The fourth-order valence-corrected chi connectivity index (χ4v) is 2.36. The Bertz CT molecular complexity index is 783. The van der Waals surface area contributed by atoms with Crippen molar-refractivity contribution in [1.82, 2.24) is 10.2 Å². The second-order valence-corrected chi connectivity index (χ2v) is 5.13. The first-order valence-electron chi connectivity index (χ1n) is 7.40. The summed E-state index contributed by atoms with van der Waals surface area (Å²) in [6.45, 7) is 1.05. The first kappa shape index (κ1) is 15.1. The Morgan fingerprint density at radius 2 is 1.91 bits per heavy atom. The smallest absolute Gasteiger partial charge is 0.128 e. The number of nitrogens with two attached hydrogens (primary N) is 1. The average Bonchev–Trinajstić information content (AvgIpc) is 3.05. The number of ether oxygens (including phenoxy) is 2. The molecule has 3 rings (SSSR count). The summed E-state index contributed by atoms with van der Waals surface area (Å²) in [5.41, 5.74) is 10.2. The average molecular weight is 309 g/mol. The number of rotatable bonds is 6. The van der Waals surface area contributed by atoms with E-state index in [-0.39, 0.29) is 0 Å². The van der Waals surface area contributed by atoms with Gasteiger partial charge in [-0.05, 0) is 30.3 Å². The van der Waals surface area contributed by atoms with E-state index < -0.39 is 0 Å². The van der Waals surface area contributed by atoms with E-state index in [1.165, 1.54) is 0 Å². The molecule has 1 aromatic heterocycles. The molecule has 0 aliphatic carbocycles. The molecule has 0 atom stereocenters. The molecule has 5 heteroatoms. The lowest BCUT2D eigenvalue weighted by atomic mass is 10.1. The molecule has 0 fully saturated rings. The predicted octanol–water partition coefficient (Wildman–Crippen LogP) is 3.35. The quantitative estimate of drug-likeness (QED) is 0.541. The maximum atomic E-state index is 5.84. The fraction of sp³-hybridized carbons (Fsp3) is 0.167. The molecular weight excluding hydrogens is 290 g/mol. The molecule has 2 aromatic carbocycles. The van der Waals surface area contributed by atoms with Gasteiger partial charge in [0.1, 0.15) is 12.4 Å². The number of hydrogen-bond acceptors (Lipinski definition) is 4. The van der Waals surface area contributed by atoms with Crippen LogP contribution in [0.15, 0.2) is 54.6 Å². The van der Waals surface area contributed by atoms with Gasteiger partial charge in [0.2, 0.25) is 0 Å². The van der Waals surface area contributed by atoms with E-state index in [4.69, 9.17) is 15.2 Å². The van der Waals surface area contributed by atoms with Gasteiger partial charge in [0, 0.05) is 23.9 Å². The third-order valence-electron chi connectivity index (χ3n) is 3.48. The van der Waals surface area contributed by atoms with Crippen molar-refractivity contribution >= 4 is 5.69 Å². The standard InChI is InChI=1S/C18H19N3O2/c1-22-9-10-23-18-8-3-2-7-15(18)17-12-16(20-21-17)13-5-4-6-14(19)11-13/h2-8,11-12H,9-10,19H2,1H3,(H,20,21). The number of anilines is 1. The molecule has 5 nitrogen and oxygen atoms in total. The summed E-state index contributed by atoms with van der Waals surface area (Å²) in [5, 5.41) is 7.45. The van der Waals surface area contributed by atoms with Crippen molar-refractivity contribution in [2.45, 2.75) is 0 Å². The molecule has 1 heterocycles. The summed E-state index contributed by atoms with van der Waals surface area (Å²) in [6.07, 6.45) is 0. The molecule has 3 aromatic rings. The van der Waals surface area contributed by atoms with Crippen molar-refractivity contribution in [1.29, 1.82) is 0 Å². The van der Waals surface area contributed by atoms with Gasteiger partial charge in [0.05, 0.1) is 18.0 Å². The van der Waals surface area contributed by atoms with Crippen molar-refractivity contribution in [3.8, 4) is 28.3 Å².